The van der Waals surface area contributed by atoms with Gasteiger partial charge in [-0.1, -0.05) is 18.2 Å². The number of hydrogen-bond acceptors (Lipinski definition) is 4. The molecular formula is C22H27N5. The molecule has 140 valence electrons. The Bertz CT molecular complexity index is 900. The van der Waals surface area contributed by atoms with E-state index in [1.807, 2.05) is 12.3 Å². The molecule has 0 aliphatic heterocycles. The standard InChI is InChI=1S/C22H27N5/c23-12-16-11-17(16)13-27(14-21-25-18-7-1-2-8-19(18)26-21)20-9-3-5-15-6-4-10-24-22(15)20/h1-2,4,6-8,10,16-17,20H,3,5,9,11-14,23H2,(H,25,26)/t16-,17?,20?/m1/s1. The summed E-state index contributed by atoms with van der Waals surface area (Å²) in [7, 11) is 0. The Labute approximate surface area is 160 Å². The van der Waals surface area contributed by atoms with Gasteiger partial charge in [0.1, 0.15) is 5.82 Å². The van der Waals surface area contributed by atoms with Crippen LogP contribution in [0.15, 0.2) is 42.6 Å². The highest BCUT2D eigenvalue weighted by Gasteiger charge is 2.39. The number of nitrogens with two attached hydrogens (primary N) is 1. The zero-order valence-corrected chi connectivity index (χ0v) is 15.6. The zero-order chi connectivity index (χ0) is 18.2. The molecular weight excluding hydrogens is 334 g/mol. The van der Waals surface area contributed by atoms with Gasteiger partial charge in [-0.15, -0.1) is 0 Å². The number of imidazole rings is 1. The highest BCUT2D eigenvalue weighted by molar-refractivity contribution is 5.74. The molecule has 2 unspecified atom stereocenters. The fourth-order valence-electron chi connectivity index (χ4n) is 4.64. The van der Waals surface area contributed by atoms with E-state index in [0.717, 1.165) is 42.9 Å². The number of H-pyrrole nitrogens is 1. The van der Waals surface area contributed by atoms with Crippen molar-refractivity contribution in [2.45, 2.75) is 38.3 Å². The van der Waals surface area contributed by atoms with Crippen molar-refractivity contribution in [3.8, 4) is 0 Å². The second-order valence-electron chi connectivity index (χ2n) is 8.08. The van der Waals surface area contributed by atoms with E-state index in [1.54, 1.807) is 0 Å². The molecule has 1 fully saturated rings. The van der Waals surface area contributed by atoms with E-state index in [-0.39, 0.29) is 0 Å². The van der Waals surface area contributed by atoms with Crippen molar-refractivity contribution in [3.05, 3.63) is 59.7 Å². The number of hydrogen-bond donors (Lipinski definition) is 2. The number of para-hydroxylation sites is 2. The summed E-state index contributed by atoms with van der Waals surface area (Å²) in [6.45, 7) is 2.73. The molecule has 2 aliphatic rings. The average Bonchev–Trinajstić information content (AvgIpc) is 3.34. The normalized spacial score (nSPS) is 24.3. The van der Waals surface area contributed by atoms with Crippen LogP contribution in [0.3, 0.4) is 0 Å². The summed E-state index contributed by atoms with van der Waals surface area (Å²) in [6.07, 6.45) is 6.74. The second-order valence-corrected chi connectivity index (χ2v) is 8.08. The van der Waals surface area contributed by atoms with Crippen molar-refractivity contribution >= 4 is 11.0 Å². The maximum atomic E-state index is 5.91. The van der Waals surface area contributed by atoms with Crippen molar-refractivity contribution in [1.82, 2.24) is 19.9 Å². The fourth-order valence-corrected chi connectivity index (χ4v) is 4.64. The number of nitrogens with one attached hydrogen (secondary N) is 1. The molecule has 1 saturated carbocycles. The number of rotatable bonds is 6. The van der Waals surface area contributed by atoms with Crippen molar-refractivity contribution < 1.29 is 0 Å². The molecule has 0 amide bonds. The van der Waals surface area contributed by atoms with Gasteiger partial charge in [-0.2, -0.15) is 0 Å². The molecule has 5 rings (SSSR count). The molecule has 2 heterocycles. The van der Waals surface area contributed by atoms with Crippen LogP contribution in [-0.2, 0) is 13.0 Å². The minimum Gasteiger partial charge on any atom is -0.341 e. The number of aryl methyl sites for hydroxylation is 1. The first-order valence-corrected chi connectivity index (χ1v) is 10.1. The Kier molecular flexibility index (Phi) is 4.42. The van der Waals surface area contributed by atoms with Gasteiger partial charge in [0.15, 0.2) is 0 Å². The van der Waals surface area contributed by atoms with Crippen LogP contribution >= 0.6 is 0 Å². The first-order valence-electron chi connectivity index (χ1n) is 10.1. The lowest BCUT2D eigenvalue weighted by atomic mass is 9.90. The van der Waals surface area contributed by atoms with E-state index in [2.05, 4.69) is 40.2 Å². The van der Waals surface area contributed by atoms with E-state index in [9.17, 15) is 0 Å². The highest BCUT2D eigenvalue weighted by Crippen LogP contribution is 2.41. The van der Waals surface area contributed by atoms with Crippen molar-refractivity contribution in [2.75, 3.05) is 13.1 Å². The summed E-state index contributed by atoms with van der Waals surface area (Å²) >= 11 is 0. The smallest absolute Gasteiger partial charge is 0.121 e. The maximum absolute atomic E-state index is 5.91. The van der Waals surface area contributed by atoms with Crippen LogP contribution in [0.4, 0.5) is 0 Å². The molecule has 2 aliphatic carbocycles. The molecule has 5 heteroatoms. The minimum atomic E-state index is 0.377. The van der Waals surface area contributed by atoms with Gasteiger partial charge in [0.2, 0.25) is 0 Å². The lowest BCUT2D eigenvalue weighted by Crippen LogP contribution is -2.34. The molecule has 2 aromatic heterocycles. The van der Waals surface area contributed by atoms with E-state index >= 15 is 0 Å². The van der Waals surface area contributed by atoms with Crippen molar-refractivity contribution in [1.29, 1.82) is 0 Å². The third kappa shape index (κ3) is 3.37. The van der Waals surface area contributed by atoms with E-state index in [4.69, 9.17) is 15.7 Å². The van der Waals surface area contributed by atoms with Crippen molar-refractivity contribution in [3.63, 3.8) is 0 Å². The Hall–Kier alpha value is -2.24. The van der Waals surface area contributed by atoms with Crippen LogP contribution in [0, 0.1) is 11.8 Å². The van der Waals surface area contributed by atoms with Gasteiger partial charge in [-0.05, 0) is 67.8 Å². The van der Waals surface area contributed by atoms with Crippen LogP contribution < -0.4 is 5.73 Å². The van der Waals surface area contributed by atoms with Crippen molar-refractivity contribution in [2.24, 2.45) is 17.6 Å². The molecule has 3 N–H and O–H groups in total. The number of nitrogens with zero attached hydrogens (tertiary/aromatic N) is 3. The summed E-state index contributed by atoms with van der Waals surface area (Å²) in [6, 6.07) is 13.0. The number of fused-ring (bicyclic) bond motifs is 2. The predicted octanol–water partition coefficient (Wildman–Crippen LogP) is 3.43. The number of benzene rings is 1. The van der Waals surface area contributed by atoms with Gasteiger partial charge in [-0.25, -0.2) is 4.98 Å². The number of aromatic nitrogens is 3. The van der Waals surface area contributed by atoms with Gasteiger partial charge >= 0.3 is 0 Å². The number of aromatic amines is 1. The summed E-state index contributed by atoms with van der Waals surface area (Å²) in [5, 5.41) is 0. The van der Waals surface area contributed by atoms with Gasteiger partial charge in [0.05, 0.1) is 29.3 Å². The van der Waals surface area contributed by atoms with Crippen LogP contribution in [0.5, 0.6) is 0 Å². The van der Waals surface area contributed by atoms with Gasteiger partial charge < -0.3 is 10.7 Å². The average molecular weight is 361 g/mol. The Balaban J connectivity index is 1.44. The third-order valence-electron chi connectivity index (χ3n) is 6.24. The molecule has 0 saturated heterocycles. The molecule has 0 bridgehead atoms. The van der Waals surface area contributed by atoms with Crippen LogP contribution in [0.1, 0.15) is 42.4 Å². The Morgan fingerprint density at radius 1 is 1.15 bits per heavy atom. The summed E-state index contributed by atoms with van der Waals surface area (Å²) in [4.78, 5) is 15.7. The quantitative estimate of drug-likeness (QED) is 0.706. The zero-order valence-electron chi connectivity index (χ0n) is 15.6. The maximum Gasteiger partial charge on any atom is 0.121 e. The lowest BCUT2D eigenvalue weighted by molar-refractivity contribution is 0.152. The monoisotopic (exact) mass is 361 g/mol. The Morgan fingerprint density at radius 2 is 2.07 bits per heavy atom. The van der Waals surface area contributed by atoms with Gasteiger partial charge in [0, 0.05) is 12.7 Å². The first-order chi connectivity index (χ1) is 13.3. The SMILES string of the molecule is NC[C@H]1CC1CN(Cc1nc2ccccc2[nH]1)C1CCCc2cccnc21. The molecule has 27 heavy (non-hydrogen) atoms. The Morgan fingerprint density at radius 3 is 2.93 bits per heavy atom. The largest absolute Gasteiger partial charge is 0.341 e. The molecule has 0 spiro atoms. The van der Waals surface area contributed by atoms with E-state index in [1.165, 1.54) is 30.5 Å². The van der Waals surface area contributed by atoms with Crippen LogP contribution in [-0.4, -0.2) is 32.9 Å². The summed E-state index contributed by atoms with van der Waals surface area (Å²) in [5.41, 5.74) is 10.7. The number of pyridine rings is 1. The van der Waals surface area contributed by atoms with Crippen LogP contribution in [0.2, 0.25) is 0 Å². The third-order valence-corrected chi connectivity index (χ3v) is 6.24. The molecule has 5 nitrogen and oxygen atoms in total. The summed E-state index contributed by atoms with van der Waals surface area (Å²) in [5.74, 6) is 2.45. The van der Waals surface area contributed by atoms with Gasteiger partial charge in [0.25, 0.3) is 0 Å². The minimum absolute atomic E-state index is 0.377. The molecule has 3 atom stereocenters. The predicted molar refractivity (Wildman–Crippen MR) is 107 cm³/mol. The van der Waals surface area contributed by atoms with Gasteiger partial charge in [-0.3, -0.25) is 9.88 Å². The fraction of sp³-hybridized carbons (Fsp3) is 0.455. The topological polar surface area (TPSA) is 70.8 Å². The lowest BCUT2D eigenvalue weighted by Gasteiger charge is -2.34. The summed E-state index contributed by atoms with van der Waals surface area (Å²) < 4.78 is 0. The van der Waals surface area contributed by atoms with Crippen LogP contribution in [0.25, 0.3) is 11.0 Å². The molecule has 1 aromatic carbocycles. The molecule has 3 aromatic rings. The van der Waals surface area contributed by atoms with E-state index < -0.39 is 0 Å². The second kappa shape index (κ2) is 7.06. The van der Waals surface area contributed by atoms with E-state index in [0.29, 0.717) is 17.9 Å². The highest BCUT2D eigenvalue weighted by atomic mass is 15.2. The first kappa shape index (κ1) is 16.9. The molecule has 0 radical (unpaired) electrons.